The van der Waals surface area contributed by atoms with Crippen LogP contribution in [0.2, 0.25) is 0 Å². The Bertz CT molecular complexity index is 260. The van der Waals surface area contributed by atoms with Crippen molar-refractivity contribution in [3.8, 4) is 0 Å². The number of carbonyl (C=O) groups excluding carboxylic acids is 1. The van der Waals surface area contributed by atoms with Crippen molar-refractivity contribution in [2.45, 2.75) is 52.6 Å². The number of rotatable bonds is 6. The molecule has 1 aliphatic heterocycles. The number of amides is 1. The van der Waals surface area contributed by atoms with E-state index in [2.05, 4.69) is 24.1 Å². The summed E-state index contributed by atoms with van der Waals surface area (Å²) >= 11 is 0. The van der Waals surface area contributed by atoms with Crippen molar-refractivity contribution < 1.29 is 4.79 Å². The highest BCUT2D eigenvalue weighted by molar-refractivity contribution is 5.81. The molecule has 106 valence electrons. The normalized spacial score (nSPS) is 20.4. The van der Waals surface area contributed by atoms with Crippen LogP contribution in [-0.2, 0) is 4.79 Å². The van der Waals surface area contributed by atoms with E-state index < -0.39 is 6.04 Å². The maximum Gasteiger partial charge on any atom is 0.237 e. The van der Waals surface area contributed by atoms with Crippen LogP contribution in [-0.4, -0.2) is 42.5 Å². The smallest absolute Gasteiger partial charge is 0.237 e. The summed E-state index contributed by atoms with van der Waals surface area (Å²) in [5, 5.41) is 3.02. The minimum absolute atomic E-state index is 0.0187. The van der Waals surface area contributed by atoms with Gasteiger partial charge in [0.05, 0.1) is 6.04 Å². The van der Waals surface area contributed by atoms with E-state index >= 15 is 0 Å². The number of carbonyl (C=O) groups is 1. The highest BCUT2D eigenvalue weighted by atomic mass is 16.2. The summed E-state index contributed by atoms with van der Waals surface area (Å²) in [6, 6.07) is 0.0483. The molecule has 0 aromatic rings. The van der Waals surface area contributed by atoms with Gasteiger partial charge in [-0.2, -0.15) is 0 Å². The molecule has 0 radical (unpaired) electrons. The lowest BCUT2D eigenvalue weighted by Crippen LogP contribution is -2.50. The fraction of sp³-hybridized carbons (Fsp3) is 0.929. The zero-order valence-corrected chi connectivity index (χ0v) is 12.3. The predicted octanol–water partition coefficient (Wildman–Crippen LogP) is 1.21. The molecule has 0 saturated carbocycles. The lowest BCUT2D eigenvalue weighted by molar-refractivity contribution is -0.123. The Morgan fingerprint density at radius 3 is 2.17 bits per heavy atom. The van der Waals surface area contributed by atoms with Crippen LogP contribution in [0.3, 0.4) is 0 Å². The first kappa shape index (κ1) is 15.4. The topological polar surface area (TPSA) is 58.4 Å². The first-order chi connectivity index (χ1) is 8.43. The zero-order chi connectivity index (χ0) is 13.7. The number of hydrogen-bond acceptors (Lipinski definition) is 3. The van der Waals surface area contributed by atoms with E-state index in [9.17, 15) is 4.79 Å². The summed E-state index contributed by atoms with van der Waals surface area (Å²) in [6.07, 6.45) is 2.56. The first-order valence-corrected chi connectivity index (χ1v) is 7.20. The van der Waals surface area contributed by atoms with Gasteiger partial charge in [-0.15, -0.1) is 0 Å². The molecule has 0 bridgehead atoms. The van der Waals surface area contributed by atoms with Crippen molar-refractivity contribution in [2.75, 3.05) is 19.6 Å². The Morgan fingerprint density at radius 2 is 1.72 bits per heavy atom. The van der Waals surface area contributed by atoms with Gasteiger partial charge >= 0.3 is 0 Å². The van der Waals surface area contributed by atoms with E-state index in [1.807, 2.05) is 13.8 Å². The molecule has 18 heavy (non-hydrogen) atoms. The number of nitrogens with zero attached hydrogens (tertiary/aromatic N) is 1. The van der Waals surface area contributed by atoms with Crippen LogP contribution in [0, 0.1) is 11.8 Å². The Morgan fingerprint density at radius 1 is 1.17 bits per heavy atom. The molecule has 4 nitrogen and oxygen atoms in total. The fourth-order valence-electron chi connectivity index (χ4n) is 2.49. The molecule has 0 aromatic carbocycles. The Hall–Kier alpha value is -0.610. The maximum atomic E-state index is 11.9. The molecule has 0 spiro atoms. The fourth-order valence-corrected chi connectivity index (χ4v) is 2.49. The molecule has 1 rings (SSSR count). The SMILES string of the molecule is CC(C)C(N)C(=O)NCC(C(C)C)N1CCCC1. The van der Waals surface area contributed by atoms with Crippen LogP contribution in [0.25, 0.3) is 0 Å². The second kappa shape index (κ2) is 7.10. The van der Waals surface area contributed by atoms with Crippen molar-refractivity contribution in [1.29, 1.82) is 0 Å². The van der Waals surface area contributed by atoms with Crippen molar-refractivity contribution in [1.82, 2.24) is 10.2 Å². The molecule has 2 unspecified atom stereocenters. The molecule has 0 aliphatic carbocycles. The number of likely N-dealkylation sites (tertiary alicyclic amines) is 1. The summed E-state index contributed by atoms with van der Waals surface area (Å²) in [7, 11) is 0. The lowest BCUT2D eigenvalue weighted by Gasteiger charge is -2.31. The summed E-state index contributed by atoms with van der Waals surface area (Å²) in [6.45, 7) is 11.4. The van der Waals surface area contributed by atoms with Gasteiger partial charge in [-0.25, -0.2) is 0 Å². The minimum Gasteiger partial charge on any atom is -0.353 e. The molecule has 1 aliphatic rings. The van der Waals surface area contributed by atoms with Gasteiger partial charge in [0, 0.05) is 12.6 Å². The van der Waals surface area contributed by atoms with Crippen molar-refractivity contribution in [3.63, 3.8) is 0 Å². The lowest BCUT2D eigenvalue weighted by atomic mass is 10.0. The first-order valence-electron chi connectivity index (χ1n) is 7.20. The van der Waals surface area contributed by atoms with Gasteiger partial charge in [0.15, 0.2) is 0 Å². The zero-order valence-electron chi connectivity index (χ0n) is 12.3. The number of hydrogen-bond donors (Lipinski definition) is 2. The Balaban J connectivity index is 2.44. The van der Waals surface area contributed by atoms with E-state index in [0.29, 0.717) is 12.0 Å². The largest absolute Gasteiger partial charge is 0.353 e. The quantitative estimate of drug-likeness (QED) is 0.750. The van der Waals surface area contributed by atoms with E-state index in [4.69, 9.17) is 5.73 Å². The van der Waals surface area contributed by atoms with Crippen LogP contribution in [0.15, 0.2) is 0 Å². The van der Waals surface area contributed by atoms with Crippen molar-refractivity contribution in [3.05, 3.63) is 0 Å². The van der Waals surface area contributed by atoms with Crippen LogP contribution in [0.1, 0.15) is 40.5 Å². The third-order valence-corrected chi connectivity index (χ3v) is 3.89. The monoisotopic (exact) mass is 255 g/mol. The average molecular weight is 255 g/mol. The highest BCUT2D eigenvalue weighted by Crippen LogP contribution is 2.17. The molecule has 4 heteroatoms. The molecule has 0 aromatic heterocycles. The van der Waals surface area contributed by atoms with Crippen molar-refractivity contribution in [2.24, 2.45) is 17.6 Å². The standard InChI is InChI=1S/C14H29N3O/c1-10(2)12(17-7-5-6-8-17)9-16-14(18)13(15)11(3)4/h10-13H,5-9,15H2,1-4H3,(H,16,18). The molecule has 3 N–H and O–H groups in total. The Labute approximate surface area is 111 Å². The molecule has 2 atom stereocenters. The van der Waals surface area contributed by atoms with Gasteiger partial charge in [0.2, 0.25) is 5.91 Å². The van der Waals surface area contributed by atoms with Crippen LogP contribution in [0.4, 0.5) is 0 Å². The molecular formula is C14H29N3O. The summed E-state index contributed by atoms with van der Waals surface area (Å²) in [5.74, 6) is 0.725. The van der Waals surface area contributed by atoms with Gasteiger partial charge in [0.1, 0.15) is 0 Å². The second-order valence-electron chi connectivity index (χ2n) is 6.07. The molecule has 1 saturated heterocycles. The molecular weight excluding hydrogens is 226 g/mol. The van der Waals surface area contributed by atoms with E-state index in [-0.39, 0.29) is 11.8 Å². The second-order valence-corrected chi connectivity index (χ2v) is 6.07. The Kier molecular flexibility index (Phi) is 6.09. The van der Waals surface area contributed by atoms with Gasteiger partial charge in [-0.1, -0.05) is 27.7 Å². The number of nitrogens with one attached hydrogen (secondary N) is 1. The summed E-state index contributed by atoms with van der Waals surface area (Å²) in [4.78, 5) is 14.4. The van der Waals surface area contributed by atoms with Crippen molar-refractivity contribution >= 4 is 5.91 Å². The van der Waals surface area contributed by atoms with Crippen LogP contribution in [0.5, 0.6) is 0 Å². The third kappa shape index (κ3) is 4.25. The van der Waals surface area contributed by atoms with E-state index in [1.54, 1.807) is 0 Å². The van der Waals surface area contributed by atoms with Crippen LogP contribution >= 0.6 is 0 Å². The van der Waals surface area contributed by atoms with Gasteiger partial charge in [-0.05, 0) is 37.8 Å². The summed E-state index contributed by atoms with van der Waals surface area (Å²) in [5.41, 5.74) is 5.85. The average Bonchev–Trinajstić information content (AvgIpc) is 2.81. The molecule has 1 heterocycles. The molecule has 1 amide bonds. The highest BCUT2D eigenvalue weighted by Gasteiger charge is 2.26. The van der Waals surface area contributed by atoms with Gasteiger partial charge in [0.25, 0.3) is 0 Å². The predicted molar refractivity (Wildman–Crippen MR) is 75.3 cm³/mol. The van der Waals surface area contributed by atoms with E-state index in [0.717, 1.165) is 19.6 Å². The van der Waals surface area contributed by atoms with Gasteiger partial charge in [-0.3, -0.25) is 9.69 Å². The van der Waals surface area contributed by atoms with E-state index in [1.165, 1.54) is 12.8 Å². The third-order valence-electron chi connectivity index (χ3n) is 3.89. The molecule has 1 fully saturated rings. The number of nitrogens with two attached hydrogens (primary N) is 1. The van der Waals surface area contributed by atoms with Crippen LogP contribution < -0.4 is 11.1 Å². The summed E-state index contributed by atoms with van der Waals surface area (Å²) < 4.78 is 0. The maximum absolute atomic E-state index is 11.9. The minimum atomic E-state index is -0.392. The van der Waals surface area contributed by atoms with Gasteiger partial charge < -0.3 is 11.1 Å².